The van der Waals surface area contributed by atoms with Crippen LogP contribution in [0.15, 0.2) is 0 Å². The molecule has 0 aromatic rings. The first-order valence-corrected chi connectivity index (χ1v) is 3.88. The molecule has 0 aliphatic carbocycles. The zero-order valence-corrected chi connectivity index (χ0v) is 6.80. The van der Waals surface area contributed by atoms with Gasteiger partial charge in [-0.3, -0.25) is 4.79 Å². The molecule has 4 nitrogen and oxygen atoms in total. The van der Waals surface area contributed by atoms with Crippen molar-refractivity contribution in [2.75, 3.05) is 26.7 Å². The number of hydrogen-bond acceptors (Lipinski definition) is 3. The van der Waals surface area contributed by atoms with Gasteiger partial charge in [0.1, 0.15) is 6.54 Å². The van der Waals surface area contributed by atoms with Crippen LogP contribution in [0.5, 0.6) is 0 Å². The minimum Gasteiger partial charge on any atom is -0.342 e. The molecule has 1 rings (SSSR count). The van der Waals surface area contributed by atoms with Crippen molar-refractivity contribution >= 4 is 5.91 Å². The van der Waals surface area contributed by atoms with Crippen molar-refractivity contribution in [2.45, 2.75) is 12.8 Å². The van der Waals surface area contributed by atoms with Crippen molar-refractivity contribution in [2.24, 2.45) is 0 Å². The number of hydrogen-bond donors (Lipinski definition) is 1. The van der Waals surface area contributed by atoms with Gasteiger partial charge in [-0.25, -0.2) is 0 Å². The van der Waals surface area contributed by atoms with Crippen LogP contribution < -0.4 is 5.48 Å². The SMILES string of the molecule is CONCC(=O)N1CCCC1. The zero-order valence-electron chi connectivity index (χ0n) is 6.80. The third kappa shape index (κ3) is 2.48. The Bertz CT molecular complexity index is 132. The smallest absolute Gasteiger partial charge is 0.238 e. The maximum atomic E-state index is 11.2. The summed E-state index contributed by atoms with van der Waals surface area (Å²) in [5, 5.41) is 0. The van der Waals surface area contributed by atoms with Crippen LogP contribution in [0.4, 0.5) is 0 Å². The highest BCUT2D eigenvalue weighted by Crippen LogP contribution is 2.06. The molecule has 0 unspecified atom stereocenters. The predicted octanol–water partition coefficient (Wildman–Crippen LogP) is -0.240. The summed E-state index contributed by atoms with van der Waals surface area (Å²) in [5.41, 5.74) is 2.53. The van der Waals surface area contributed by atoms with Crippen molar-refractivity contribution in [1.82, 2.24) is 10.4 Å². The van der Waals surface area contributed by atoms with Crippen LogP contribution >= 0.6 is 0 Å². The highest BCUT2D eigenvalue weighted by molar-refractivity contribution is 5.78. The minimum absolute atomic E-state index is 0.129. The lowest BCUT2D eigenvalue weighted by Gasteiger charge is -2.14. The van der Waals surface area contributed by atoms with Crippen LogP contribution in [-0.4, -0.2) is 37.6 Å². The van der Waals surface area contributed by atoms with Crippen LogP contribution in [0.3, 0.4) is 0 Å². The molecule has 1 amide bonds. The fourth-order valence-corrected chi connectivity index (χ4v) is 1.21. The van der Waals surface area contributed by atoms with Gasteiger partial charge in [0.15, 0.2) is 0 Å². The molecule has 1 fully saturated rings. The Morgan fingerprint density at radius 1 is 1.55 bits per heavy atom. The van der Waals surface area contributed by atoms with E-state index in [0.717, 1.165) is 25.9 Å². The number of nitrogens with one attached hydrogen (secondary N) is 1. The lowest BCUT2D eigenvalue weighted by atomic mass is 10.4. The monoisotopic (exact) mass is 158 g/mol. The van der Waals surface area contributed by atoms with Crippen LogP contribution in [0, 0.1) is 0 Å². The van der Waals surface area contributed by atoms with Gasteiger partial charge in [0, 0.05) is 13.1 Å². The highest BCUT2D eigenvalue weighted by atomic mass is 16.6. The van der Waals surface area contributed by atoms with Crippen molar-refractivity contribution in [3.8, 4) is 0 Å². The number of rotatable bonds is 3. The number of nitrogens with zero attached hydrogens (tertiary/aromatic N) is 1. The Hall–Kier alpha value is -0.610. The Labute approximate surface area is 66.5 Å². The molecule has 0 aromatic carbocycles. The van der Waals surface area contributed by atoms with Crippen LogP contribution in [-0.2, 0) is 9.63 Å². The quantitative estimate of drug-likeness (QED) is 0.576. The molecule has 1 N–H and O–H groups in total. The molecule has 1 aliphatic rings. The number of carbonyl (C=O) groups is 1. The van der Waals surface area contributed by atoms with E-state index in [2.05, 4.69) is 10.3 Å². The van der Waals surface area contributed by atoms with Gasteiger partial charge in [0.05, 0.1) is 7.11 Å². The number of hydroxylamine groups is 1. The first kappa shape index (κ1) is 8.49. The topological polar surface area (TPSA) is 41.6 Å². The Balaban J connectivity index is 2.17. The lowest BCUT2D eigenvalue weighted by molar-refractivity contribution is -0.131. The molecular formula is C7H14N2O2. The average Bonchev–Trinajstić information content (AvgIpc) is 2.52. The maximum absolute atomic E-state index is 11.2. The number of carbonyl (C=O) groups excluding carboxylic acids is 1. The van der Waals surface area contributed by atoms with Crippen molar-refractivity contribution in [1.29, 1.82) is 0 Å². The summed E-state index contributed by atoms with van der Waals surface area (Å²) in [4.78, 5) is 17.6. The summed E-state index contributed by atoms with van der Waals surface area (Å²) in [5.74, 6) is 0.129. The second kappa shape index (κ2) is 4.31. The predicted molar refractivity (Wildman–Crippen MR) is 40.8 cm³/mol. The van der Waals surface area contributed by atoms with E-state index in [9.17, 15) is 4.79 Å². The van der Waals surface area contributed by atoms with Gasteiger partial charge in [-0.15, -0.1) is 0 Å². The van der Waals surface area contributed by atoms with Gasteiger partial charge in [0.25, 0.3) is 0 Å². The normalized spacial score (nSPS) is 17.4. The third-order valence-corrected chi connectivity index (χ3v) is 1.83. The first-order chi connectivity index (χ1) is 5.34. The summed E-state index contributed by atoms with van der Waals surface area (Å²) >= 11 is 0. The van der Waals surface area contributed by atoms with Crippen LogP contribution in [0.2, 0.25) is 0 Å². The summed E-state index contributed by atoms with van der Waals surface area (Å²) in [7, 11) is 1.51. The summed E-state index contributed by atoms with van der Waals surface area (Å²) in [6.07, 6.45) is 2.28. The van der Waals surface area contributed by atoms with Gasteiger partial charge < -0.3 is 9.74 Å². The van der Waals surface area contributed by atoms with E-state index in [1.54, 1.807) is 0 Å². The minimum atomic E-state index is 0.129. The molecule has 0 aromatic heterocycles. The van der Waals surface area contributed by atoms with E-state index >= 15 is 0 Å². The molecule has 0 bridgehead atoms. The molecule has 1 saturated heterocycles. The van der Waals surface area contributed by atoms with Crippen molar-refractivity contribution in [3.63, 3.8) is 0 Å². The highest BCUT2D eigenvalue weighted by Gasteiger charge is 2.16. The van der Waals surface area contributed by atoms with E-state index in [1.807, 2.05) is 4.90 Å². The Kier molecular flexibility index (Phi) is 3.32. The van der Waals surface area contributed by atoms with E-state index in [1.165, 1.54) is 7.11 Å². The summed E-state index contributed by atoms with van der Waals surface area (Å²) < 4.78 is 0. The number of amides is 1. The van der Waals surface area contributed by atoms with Crippen molar-refractivity contribution < 1.29 is 9.63 Å². The Morgan fingerprint density at radius 3 is 2.73 bits per heavy atom. The van der Waals surface area contributed by atoms with E-state index in [-0.39, 0.29) is 12.5 Å². The molecule has 11 heavy (non-hydrogen) atoms. The molecule has 0 radical (unpaired) electrons. The van der Waals surface area contributed by atoms with Crippen LogP contribution in [0.25, 0.3) is 0 Å². The Morgan fingerprint density at radius 2 is 2.18 bits per heavy atom. The van der Waals surface area contributed by atoms with Gasteiger partial charge >= 0.3 is 0 Å². The fraction of sp³-hybridized carbons (Fsp3) is 0.857. The maximum Gasteiger partial charge on any atom is 0.238 e. The summed E-state index contributed by atoms with van der Waals surface area (Å²) in [6.45, 7) is 2.10. The molecule has 1 heterocycles. The van der Waals surface area contributed by atoms with Crippen LogP contribution in [0.1, 0.15) is 12.8 Å². The summed E-state index contributed by atoms with van der Waals surface area (Å²) in [6, 6.07) is 0. The zero-order chi connectivity index (χ0) is 8.10. The number of likely N-dealkylation sites (tertiary alicyclic amines) is 1. The molecule has 0 atom stereocenters. The first-order valence-electron chi connectivity index (χ1n) is 3.88. The molecular weight excluding hydrogens is 144 g/mol. The third-order valence-electron chi connectivity index (χ3n) is 1.83. The van der Waals surface area contributed by atoms with Gasteiger partial charge in [0.2, 0.25) is 5.91 Å². The molecule has 4 heteroatoms. The van der Waals surface area contributed by atoms with Gasteiger partial charge in [-0.1, -0.05) is 0 Å². The second-order valence-corrected chi connectivity index (χ2v) is 2.61. The van der Waals surface area contributed by atoms with E-state index in [0.29, 0.717) is 0 Å². The fourth-order valence-electron chi connectivity index (χ4n) is 1.21. The molecule has 0 saturated carbocycles. The molecule has 1 aliphatic heterocycles. The largest absolute Gasteiger partial charge is 0.342 e. The van der Waals surface area contributed by atoms with E-state index < -0.39 is 0 Å². The van der Waals surface area contributed by atoms with Gasteiger partial charge in [-0.05, 0) is 12.8 Å². The lowest BCUT2D eigenvalue weighted by Crippen LogP contribution is -2.35. The molecule has 0 spiro atoms. The van der Waals surface area contributed by atoms with Gasteiger partial charge in [-0.2, -0.15) is 5.48 Å². The van der Waals surface area contributed by atoms with Crippen molar-refractivity contribution in [3.05, 3.63) is 0 Å². The average molecular weight is 158 g/mol. The molecule has 64 valence electrons. The van der Waals surface area contributed by atoms with E-state index in [4.69, 9.17) is 0 Å². The second-order valence-electron chi connectivity index (χ2n) is 2.61. The standard InChI is InChI=1S/C7H14N2O2/c1-11-8-6-7(10)9-4-2-3-5-9/h8H,2-6H2,1H3.